The molecule has 0 N–H and O–H groups in total. The molecule has 2 heterocycles. The third kappa shape index (κ3) is 3.74. The van der Waals surface area contributed by atoms with Crippen molar-refractivity contribution in [3.63, 3.8) is 0 Å². The van der Waals surface area contributed by atoms with Gasteiger partial charge in [0, 0.05) is 53.5 Å². The van der Waals surface area contributed by atoms with E-state index in [-0.39, 0.29) is 17.6 Å². The van der Waals surface area contributed by atoms with E-state index >= 15 is 0 Å². The number of amides is 1. The number of nitrogens with zero attached hydrogens (tertiary/aromatic N) is 3. The molecular formula is C22H21BrFN3O. The maximum absolute atomic E-state index is 13.1. The average Bonchev–Trinajstić information content (AvgIpc) is 2.73. The van der Waals surface area contributed by atoms with Crippen molar-refractivity contribution >= 4 is 44.1 Å². The molecule has 1 saturated heterocycles. The van der Waals surface area contributed by atoms with E-state index in [2.05, 4.69) is 31.9 Å². The molecule has 3 aromatic rings. The Morgan fingerprint density at radius 2 is 1.86 bits per heavy atom. The SMILES string of the molecule is CN(C(=O)C1CCN(c2ccnc3ccc(Br)cc23)CC1)c1ccc(F)cc1. The zero-order chi connectivity index (χ0) is 19.7. The third-order valence-corrected chi connectivity index (χ3v) is 5.90. The summed E-state index contributed by atoms with van der Waals surface area (Å²) < 4.78 is 14.2. The van der Waals surface area contributed by atoms with Gasteiger partial charge in [-0.15, -0.1) is 0 Å². The predicted molar refractivity (Wildman–Crippen MR) is 114 cm³/mol. The summed E-state index contributed by atoms with van der Waals surface area (Å²) in [5.74, 6) is -0.228. The Kier molecular flexibility index (Phi) is 5.31. The molecule has 0 bridgehead atoms. The van der Waals surface area contributed by atoms with Crippen LogP contribution in [0.5, 0.6) is 0 Å². The van der Waals surface area contributed by atoms with Crippen molar-refractivity contribution < 1.29 is 9.18 Å². The first kappa shape index (κ1) is 18.9. The molecule has 1 aliphatic rings. The van der Waals surface area contributed by atoms with Crippen LogP contribution in [0.2, 0.25) is 0 Å². The molecule has 1 aliphatic heterocycles. The Bertz CT molecular complexity index is 1000. The molecule has 0 spiro atoms. The number of hydrogen-bond donors (Lipinski definition) is 0. The molecule has 28 heavy (non-hydrogen) atoms. The zero-order valence-electron chi connectivity index (χ0n) is 15.6. The standard InChI is InChI=1S/C22H21BrFN3O/c1-26(18-5-3-17(24)4-6-18)22(28)15-9-12-27(13-10-15)21-8-11-25-20-7-2-16(23)14-19(20)21/h2-8,11,14-15H,9-10,12-13H2,1H3. The fourth-order valence-corrected chi connectivity index (χ4v) is 4.17. The Balaban J connectivity index is 1.47. The van der Waals surface area contributed by atoms with Crippen LogP contribution in [0.1, 0.15) is 12.8 Å². The van der Waals surface area contributed by atoms with Gasteiger partial charge in [0.15, 0.2) is 0 Å². The lowest BCUT2D eigenvalue weighted by Crippen LogP contribution is -2.41. The summed E-state index contributed by atoms with van der Waals surface area (Å²) in [5.41, 5.74) is 2.85. The molecule has 0 atom stereocenters. The van der Waals surface area contributed by atoms with Crippen LogP contribution < -0.4 is 9.80 Å². The van der Waals surface area contributed by atoms with Gasteiger partial charge in [-0.2, -0.15) is 0 Å². The van der Waals surface area contributed by atoms with E-state index in [1.165, 1.54) is 12.1 Å². The lowest BCUT2D eigenvalue weighted by atomic mass is 9.94. The highest BCUT2D eigenvalue weighted by Crippen LogP contribution is 2.31. The minimum atomic E-state index is -0.297. The van der Waals surface area contributed by atoms with Crippen LogP contribution in [-0.4, -0.2) is 31.0 Å². The van der Waals surface area contributed by atoms with Gasteiger partial charge >= 0.3 is 0 Å². The van der Waals surface area contributed by atoms with E-state index in [9.17, 15) is 9.18 Å². The van der Waals surface area contributed by atoms with Gasteiger partial charge in [-0.05, 0) is 61.4 Å². The summed E-state index contributed by atoms with van der Waals surface area (Å²) in [5, 5.41) is 1.12. The molecule has 0 radical (unpaired) electrons. The molecule has 0 aliphatic carbocycles. The van der Waals surface area contributed by atoms with E-state index in [0.29, 0.717) is 0 Å². The number of carbonyl (C=O) groups excluding carboxylic acids is 1. The minimum Gasteiger partial charge on any atom is -0.371 e. The lowest BCUT2D eigenvalue weighted by molar-refractivity contribution is -0.122. The van der Waals surface area contributed by atoms with Crippen molar-refractivity contribution in [1.29, 1.82) is 0 Å². The second-order valence-corrected chi connectivity index (χ2v) is 8.04. The molecule has 4 nitrogen and oxygen atoms in total. The van der Waals surface area contributed by atoms with Gasteiger partial charge in [0.05, 0.1) is 5.52 Å². The van der Waals surface area contributed by atoms with Gasteiger partial charge in [-0.25, -0.2) is 4.39 Å². The van der Waals surface area contributed by atoms with Crippen LogP contribution in [-0.2, 0) is 4.79 Å². The van der Waals surface area contributed by atoms with Crippen LogP contribution in [0, 0.1) is 11.7 Å². The van der Waals surface area contributed by atoms with E-state index in [4.69, 9.17) is 0 Å². The Morgan fingerprint density at radius 1 is 1.14 bits per heavy atom. The summed E-state index contributed by atoms with van der Waals surface area (Å²) in [7, 11) is 1.76. The quantitative estimate of drug-likeness (QED) is 0.572. The van der Waals surface area contributed by atoms with Crippen LogP contribution in [0.3, 0.4) is 0 Å². The summed E-state index contributed by atoms with van der Waals surface area (Å²) in [4.78, 5) is 21.3. The number of fused-ring (bicyclic) bond motifs is 1. The maximum atomic E-state index is 13.1. The van der Waals surface area contributed by atoms with Crippen LogP contribution in [0.25, 0.3) is 10.9 Å². The van der Waals surface area contributed by atoms with Crippen molar-refractivity contribution in [2.75, 3.05) is 29.9 Å². The van der Waals surface area contributed by atoms with Gasteiger partial charge in [0.1, 0.15) is 5.82 Å². The maximum Gasteiger partial charge on any atom is 0.229 e. The largest absolute Gasteiger partial charge is 0.371 e. The summed E-state index contributed by atoms with van der Waals surface area (Å²) in [6.07, 6.45) is 3.43. The number of piperidine rings is 1. The number of rotatable bonds is 3. The summed E-state index contributed by atoms with van der Waals surface area (Å²) >= 11 is 3.54. The highest BCUT2D eigenvalue weighted by atomic mass is 79.9. The highest BCUT2D eigenvalue weighted by Gasteiger charge is 2.28. The third-order valence-electron chi connectivity index (χ3n) is 5.41. The molecule has 2 aromatic carbocycles. The monoisotopic (exact) mass is 441 g/mol. The van der Waals surface area contributed by atoms with E-state index in [1.54, 1.807) is 24.1 Å². The zero-order valence-corrected chi connectivity index (χ0v) is 17.2. The molecule has 1 fully saturated rings. The summed E-state index contributed by atoms with van der Waals surface area (Å²) in [6, 6.07) is 14.2. The van der Waals surface area contributed by atoms with Gasteiger partial charge < -0.3 is 9.80 Å². The number of hydrogen-bond acceptors (Lipinski definition) is 3. The first-order valence-electron chi connectivity index (χ1n) is 9.35. The minimum absolute atomic E-state index is 0.0221. The van der Waals surface area contributed by atoms with E-state index in [1.807, 2.05) is 24.4 Å². The molecule has 6 heteroatoms. The van der Waals surface area contributed by atoms with Gasteiger partial charge in [-0.3, -0.25) is 9.78 Å². The fraction of sp³-hybridized carbons (Fsp3) is 0.273. The number of halogens is 2. The highest BCUT2D eigenvalue weighted by molar-refractivity contribution is 9.10. The topological polar surface area (TPSA) is 36.4 Å². The van der Waals surface area contributed by atoms with Crippen molar-refractivity contribution in [2.45, 2.75) is 12.8 Å². The van der Waals surface area contributed by atoms with Crippen LogP contribution in [0.15, 0.2) is 59.2 Å². The van der Waals surface area contributed by atoms with E-state index < -0.39 is 0 Å². The van der Waals surface area contributed by atoms with Crippen molar-refractivity contribution in [2.24, 2.45) is 5.92 Å². The smallest absolute Gasteiger partial charge is 0.229 e. The number of aromatic nitrogens is 1. The van der Waals surface area contributed by atoms with Gasteiger partial charge in [0.25, 0.3) is 0 Å². The molecule has 0 unspecified atom stereocenters. The van der Waals surface area contributed by atoms with Crippen LogP contribution in [0.4, 0.5) is 15.8 Å². The molecule has 4 rings (SSSR count). The Morgan fingerprint density at radius 3 is 2.57 bits per heavy atom. The van der Waals surface area contributed by atoms with Gasteiger partial charge in [0.2, 0.25) is 5.91 Å². The number of benzene rings is 2. The number of anilines is 2. The number of pyridine rings is 1. The molecule has 0 saturated carbocycles. The van der Waals surface area contributed by atoms with Crippen molar-refractivity contribution in [3.8, 4) is 0 Å². The average molecular weight is 442 g/mol. The van der Waals surface area contributed by atoms with Crippen molar-refractivity contribution in [3.05, 3.63) is 65.0 Å². The normalized spacial score (nSPS) is 15.0. The molecule has 144 valence electrons. The van der Waals surface area contributed by atoms with Crippen molar-refractivity contribution in [1.82, 2.24) is 4.98 Å². The molecule has 1 aromatic heterocycles. The Hall–Kier alpha value is -2.47. The summed E-state index contributed by atoms with van der Waals surface area (Å²) in [6.45, 7) is 1.64. The van der Waals surface area contributed by atoms with E-state index in [0.717, 1.165) is 52.7 Å². The first-order chi connectivity index (χ1) is 13.5. The van der Waals surface area contributed by atoms with Crippen LogP contribution >= 0.6 is 15.9 Å². The lowest BCUT2D eigenvalue weighted by Gasteiger charge is -2.35. The number of carbonyl (C=O) groups is 1. The second-order valence-electron chi connectivity index (χ2n) is 7.13. The predicted octanol–water partition coefficient (Wildman–Crippen LogP) is 5.02. The van der Waals surface area contributed by atoms with Gasteiger partial charge in [-0.1, -0.05) is 15.9 Å². The fourth-order valence-electron chi connectivity index (χ4n) is 3.81. The first-order valence-corrected chi connectivity index (χ1v) is 10.1. The molecule has 1 amide bonds. The Labute approximate surface area is 172 Å². The molecular weight excluding hydrogens is 421 g/mol. The second kappa shape index (κ2) is 7.87.